The topological polar surface area (TPSA) is 89.5 Å². The minimum absolute atomic E-state index is 0.150. The Kier molecular flexibility index (Phi) is 3.94. The number of nitrogens with zero attached hydrogens (tertiary/aromatic N) is 3. The Balaban J connectivity index is 1.68. The largest absolute Gasteiger partial charge is 0.315 e. The number of carbonyl (C=O) groups excluding carboxylic acids is 1. The van der Waals surface area contributed by atoms with Crippen LogP contribution in [0.15, 0.2) is 66.2 Å². The lowest BCUT2D eigenvalue weighted by Gasteiger charge is -2.05. The van der Waals surface area contributed by atoms with Crippen LogP contribution in [0.4, 0.5) is 11.4 Å². The summed E-state index contributed by atoms with van der Waals surface area (Å²) in [5.74, 6) is -0.428. The number of imidazole rings is 1. The van der Waals surface area contributed by atoms with Gasteiger partial charge in [-0.15, -0.1) is 11.3 Å². The van der Waals surface area contributed by atoms with Gasteiger partial charge in [-0.3, -0.25) is 19.3 Å². The number of hydrogen-bond acceptors (Lipinski definition) is 5. The van der Waals surface area contributed by atoms with E-state index in [2.05, 4.69) is 10.3 Å². The number of aromatic nitrogens is 2. The van der Waals surface area contributed by atoms with Gasteiger partial charge in [0, 0.05) is 23.2 Å². The lowest BCUT2D eigenvalue weighted by Crippen LogP contribution is -2.14. The lowest BCUT2D eigenvalue weighted by molar-refractivity contribution is -0.383. The van der Waals surface area contributed by atoms with Gasteiger partial charge in [-0.25, -0.2) is 4.98 Å². The van der Waals surface area contributed by atoms with Crippen LogP contribution in [0.2, 0.25) is 0 Å². The molecule has 0 saturated carbocycles. The van der Waals surface area contributed by atoms with Gasteiger partial charge in [0.05, 0.1) is 10.6 Å². The number of nitrogens with one attached hydrogen (secondary N) is 1. The molecular weight excluding hydrogens is 352 g/mol. The van der Waals surface area contributed by atoms with Crippen molar-refractivity contribution in [2.75, 3.05) is 5.32 Å². The summed E-state index contributed by atoms with van der Waals surface area (Å²) in [6.07, 6.45) is 1.79. The quantitative estimate of drug-likeness (QED) is 0.433. The molecule has 0 fully saturated rings. The number of benzene rings is 2. The van der Waals surface area contributed by atoms with Crippen molar-refractivity contribution in [2.45, 2.75) is 0 Å². The molecule has 8 heteroatoms. The minimum Gasteiger partial charge on any atom is -0.315 e. The SMILES string of the molecule is O=C(Nc1ccccc1[N+](=O)[O-])c1csc2nc(-c3ccccc3)cn12. The average molecular weight is 364 g/mol. The minimum atomic E-state index is -0.524. The van der Waals surface area contributed by atoms with E-state index >= 15 is 0 Å². The third kappa shape index (κ3) is 2.82. The second kappa shape index (κ2) is 6.41. The number of nitro groups is 1. The summed E-state index contributed by atoms with van der Waals surface area (Å²) in [5, 5.41) is 15.4. The molecule has 0 saturated heterocycles. The number of nitro benzene ring substituents is 1. The molecule has 128 valence electrons. The second-order valence-corrected chi connectivity index (χ2v) is 6.33. The summed E-state index contributed by atoms with van der Waals surface area (Å²) in [5.41, 5.74) is 2.09. The summed E-state index contributed by atoms with van der Waals surface area (Å²) < 4.78 is 1.69. The first-order valence-electron chi connectivity index (χ1n) is 7.70. The van der Waals surface area contributed by atoms with Crippen LogP contribution in [-0.2, 0) is 0 Å². The number of amides is 1. The van der Waals surface area contributed by atoms with E-state index in [0.29, 0.717) is 10.7 Å². The van der Waals surface area contributed by atoms with Gasteiger partial charge >= 0.3 is 0 Å². The molecule has 4 rings (SSSR count). The highest BCUT2D eigenvalue weighted by atomic mass is 32.1. The van der Waals surface area contributed by atoms with Gasteiger partial charge in [-0.2, -0.15) is 0 Å². The third-order valence-corrected chi connectivity index (χ3v) is 4.70. The summed E-state index contributed by atoms with van der Waals surface area (Å²) in [4.78, 5) is 28.4. The maximum atomic E-state index is 12.6. The number of para-hydroxylation sites is 2. The van der Waals surface area contributed by atoms with E-state index in [-0.39, 0.29) is 11.4 Å². The molecule has 4 aromatic rings. The summed E-state index contributed by atoms with van der Waals surface area (Å²) >= 11 is 1.34. The maximum absolute atomic E-state index is 12.6. The number of hydrogen-bond donors (Lipinski definition) is 1. The zero-order valence-electron chi connectivity index (χ0n) is 13.3. The Bertz CT molecular complexity index is 1120. The number of anilines is 1. The molecule has 2 heterocycles. The number of thiazole rings is 1. The summed E-state index contributed by atoms with van der Waals surface area (Å²) in [6, 6.07) is 15.7. The Morgan fingerprint density at radius 3 is 2.62 bits per heavy atom. The van der Waals surface area contributed by atoms with Crippen LogP contribution in [0, 0.1) is 10.1 Å². The molecule has 7 nitrogen and oxygen atoms in total. The Morgan fingerprint density at radius 2 is 1.85 bits per heavy atom. The molecule has 0 aliphatic heterocycles. The third-order valence-electron chi connectivity index (χ3n) is 3.86. The van der Waals surface area contributed by atoms with Crippen molar-refractivity contribution in [1.82, 2.24) is 9.38 Å². The molecule has 0 aliphatic rings. The summed E-state index contributed by atoms with van der Waals surface area (Å²) in [7, 11) is 0. The molecule has 1 N–H and O–H groups in total. The second-order valence-electron chi connectivity index (χ2n) is 5.49. The van der Waals surface area contributed by atoms with Crippen molar-refractivity contribution in [3.63, 3.8) is 0 Å². The van der Waals surface area contributed by atoms with Crippen LogP contribution in [-0.4, -0.2) is 20.2 Å². The van der Waals surface area contributed by atoms with Gasteiger partial charge in [0.15, 0.2) is 4.96 Å². The fourth-order valence-electron chi connectivity index (χ4n) is 2.62. The molecule has 0 atom stereocenters. The Morgan fingerprint density at radius 1 is 1.12 bits per heavy atom. The van der Waals surface area contributed by atoms with Crippen molar-refractivity contribution in [3.8, 4) is 11.3 Å². The predicted octanol–water partition coefficient (Wildman–Crippen LogP) is 4.22. The molecule has 0 aliphatic carbocycles. The first kappa shape index (κ1) is 16.0. The normalized spacial score (nSPS) is 10.8. The van der Waals surface area contributed by atoms with Gasteiger partial charge in [0.25, 0.3) is 11.6 Å². The fraction of sp³-hybridized carbons (Fsp3) is 0. The zero-order valence-corrected chi connectivity index (χ0v) is 14.1. The van der Waals surface area contributed by atoms with E-state index in [0.717, 1.165) is 11.3 Å². The van der Waals surface area contributed by atoms with Crippen molar-refractivity contribution >= 4 is 33.6 Å². The molecule has 1 amide bonds. The first-order valence-corrected chi connectivity index (χ1v) is 8.58. The van der Waals surface area contributed by atoms with Crippen molar-refractivity contribution in [1.29, 1.82) is 0 Å². The van der Waals surface area contributed by atoms with Crippen molar-refractivity contribution in [2.24, 2.45) is 0 Å². The van der Waals surface area contributed by atoms with Gasteiger partial charge in [-0.1, -0.05) is 42.5 Å². The van der Waals surface area contributed by atoms with Gasteiger partial charge in [-0.05, 0) is 6.07 Å². The fourth-order valence-corrected chi connectivity index (χ4v) is 3.47. The van der Waals surface area contributed by atoms with Crippen LogP contribution in [0.25, 0.3) is 16.2 Å². The van der Waals surface area contributed by atoms with Gasteiger partial charge < -0.3 is 5.32 Å². The highest BCUT2D eigenvalue weighted by molar-refractivity contribution is 7.15. The Hall–Kier alpha value is -3.52. The molecule has 2 aromatic heterocycles. The zero-order chi connectivity index (χ0) is 18.1. The first-order chi connectivity index (χ1) is 12.6. The standard InChI is InChI=1S/C18H12N4O3S/c23-17(19-13-8-4-5-9-15(13)22(24)25)16-11-26-18-20-14(10-21(16)18)12-6-2-1-3-7-12/h1-11H,(H,19,23). The van der Waals surface area contributed by atoms with Gasteiger partial charge in [0.1, 0.15) is 11.4 Å². The average Bonchev–Trinajstić information content (AvgIpc) is 3.23. The van der Waals surface area contributed by atoms with Crippen LogP contribution in [0.5, 0.6) is 0 Å². The van der Waals surface area contributed by atoms with Gasteiger partial charge in [0.2, 0.25) is 0 Å². The Labute approximate surface area is 151 Å². The van der Waals surface area contributed by atoms with Crippen molar-refractivity contribution in [3.05, 3.63) is 82.0 Å². The van der Waals surface area contributed by atoms with Crippen LogP contribution in [0.1, 0.15) is 10.5 Å². The van der Waals surface area contributed by atoms with E-state index in [1.807, 2.05) is 30.3 Å². The molecule has 0 radical (unpaired) electrons. The highest BCUT2D eigenvalue weighted by Gasteiger charge is 2.19. The number of fused-ring (bicyclic) bond motifs is 1. The summed E-state index contributed by atoms with van der Waals surface area (Å²) in [6.45, 7) is 0. The molecule has 26 heavy (non-hydrogen) atoms. The van der Waals surface area contributed by atoms with Crippen LogP contribution in [0.3, 0.4) is 0 Å². The monoisotopic (exact) mass is 364 g/mol. The van der Waals surface area contributed by atoms with E-state index < -0.39 is 10.8 Å². The predicted molar refractivity (Wildman–Crippen MR) is 99.6 cm³/mol. The molecular formula is C18H12N4O3S. The van der Waals surface area contributed by atoms with Crippen LogP contribution < -0.4 is 5.32 Å². The molecule has 0 unspecified atom stereocenters. The maximum Gasteiger partial charge on any atom is 0.292 e. The van der Waals surface area contributed by atoms with Crippen molar-refractivity contribution < 1.29 is 9.72 Å². The van der Waals surface area contributed by atoms with E-state index in [1.165, 1.54) is 23.5 Å². The van der Waals surface area contributed by atoms with E-state index in [9.17, 15) is 14.9 Å². The highest BCUT2D eigenvalue weighted by Crippen LogP contribution is 2.26. The molecule has 2 aromatic carbocycles. The molecule has 0 bridgehead atoms. The van der Waals surface area contributed by atoms with Crippen LogP contribution >= 0.6 is 11.3 Å². The molecule has 0 spiro atoms. The smallest absolute Gasteiger partial charge is 0.292 e. The van der Waals surface area contributed by atoms with E-state index in [4.69, 9.17) is 0 Å². The number of carbonyl (C=O) groups is 1. The van der Waals surface area contributed by atoms with E-state index in [1.54, 1.807) is 28.1 Å². The number of rotatable bonds is 4. The lowest BCUT2D eigenvalue weighted by atomic mass is 10.2.